The van der Waals surface area contributed by atoms with Gasteiger partial charge in [0.15, 0.2) is 0 Å². The van der Waals surface area contributed by atoms with E-state index in [1.807, 2.05) is 20.2 Å². The molecule has 0 aliphatic carbocycles. The molecule has 0 unspecified atom stereocenters. The van der Waals surface area contributed by atoms with Crippen molar-refractivity contribution in [1.82, 2.24) is 20.1 Å². The summed E-state index contributed by atoms with van der Waals surface area (Å²) in [6.45, 7) is 5.73. The summed E-state index contributed by atoms with van der Waals surface area (Å²) in [5.41, 5.74) is 3.22. The van der Waals surface area contributed by atoms with E-state index in [1.165, 1.54) is 18.4 Å². The van der Waals surface area contributed by atoms with Crippen LogP contribution in [0.1, 0.15) is 29.7 Å². The monoisotopic (exact) mass is 355 g/mol. The number of anilines is 1. The van der Waals surface area contributed by atoms with Crippen LogP contribution >= 0.6 is 24.0 Å². The Morgan fingerprint density at radius 3 is 2.52 bits per heavy atom. The zero-order chi connectivity index (χ0) is 15.5. The van der Waals surface area contributed by atoms with Gasteiger partial charge >= 0.3 is 0 Å². The van der Waals surface area contributed by atoms with Crippen LogP contribution in [0.25, 0.3) is 0 Å². The first-order valence-electron chi connectivity index (χ1n) is 7.73. The van der Waals surface area contributed by atoms with Gasteiger partial charge in [0.2, 0.25) is 0 Å². The van der Waals surface area contributed by atoms with Gasteiger partial charge in [0.1, 0.15) is 11.0 Å². The number of aryl methyl sites for hydroxylation is 2. The van der Waals surface area contributed by atoms with Crippen molar-refractivity contribution in [2.75, 3.05) is 18.0 Å². The van der Waals surface area contributed by atoms with Crippen molar-refractivity contribution in [2.45, 2.75) is 32.9 Å². The highest BCUT2D eigenvalue weighted by atomic mass is 35.5. The minimum atomic E-state index is 0. The van der Waals surface area contributed by atoms with Crippen LogP contribution in [0.4, 0.5) is 5.82 Å². The molecule has 1 fully saturated rings. The van der Waals surface area contributed by atoms with Gasteiger partial charge in [0.25, 0.3) is 0 Å². The van der Waals surface area contributed by atoms with E-state index in [0.29, 0.717) is 11.7 Å². The molecule has 2 aromatic heterocycles. The van der Waals surface area contributed by atoms with Crippen molar-refractivity contribution < 1.29 is 0 Å². The van der Waals surface area contributed by atoms with E-state index in [-0.39, 0.29) is 12.4 Å². The number of nitrogens with one attached hydrogen (secondary N) is 1. The summed E-state index contributed by atoms with van der Waals surface area (Å²) in [6, 6.07) is 4.26. The third-order valence-electron chi connectivity index (χ3n) is 4.14. The Balaban J connectivity index is 0.00000192. The highest BCUT2D eigenvalue weighted by molar-refractivity contribution is 6.30. The Labute approximate surface area is 148 Å². The summed E-state index contributed by atoms with van der Waals surface area (Å²) >= 11 is 6.23. The molecule has 7 heteroatoms. The molecule has 0 bridgehead atoms. The van der Waals surface area contributed by atoms with Gasteiger partial charge in [-0.25, -0.2) is 4.98 Å². The van der Waals surface area contributed by atoms with Crippen LogP contribution in [0, 0.1) is 6.92 Å². The molecular formula is C16H23Cl2N5. The van der Waals surface area contributed by atoms with E-state index in [0.717, 1.165) is 36.7 Å². The van der Waals surface area contributed by atoms with Gasteiger partial charge in [0, 0.05) is 45.0 Å². The standard InChI is InChI=1S/C16H22ClN5.ClH/c1-12-14(16(17)21(2)20-12)11-18-9-13-5-6-15(19-10-13)22-7-3-4-8-22;/h5-6,10,18H,3-4,7-9,11H2,1-2H3;1H. The summed E-state index contributed by atoms with van der Waals surface area (Å²) in [7, 11) is 1.86. The van der Waals surface area contributed by atoms with Gasteiger partial charge in [-0.3, -0.25) is 4.68 Å². The van der Waals surface area contributed by atoms with Crippen LogP contribution in [0.3, 0.4) is 0 Å². The predicted molar refractivity (Wildman–Crippen MR) is 96.4 cm³/mol. The molecule has 0 radical (unpaired) electrons. The fourth-order valence-electron chi connectivity index (χ4n) is 2.86. The molecule has 1 N–H and O–H groups in total. The number of aromatic nitrogens is 3. The van der Waals surface area contributed by atoms with Gasteiger partial charge < -0.3 is 10.2 Å². The van der Waals surface area contributed by atoms with Crippen molar-refractivity contribution in [2.24, 2.45) is 7.05 Å². The van der Waals surface area contributed by atoms with Gasteiger partial charge in [-0.05, 0) is 31.4 Å². The highest BCUT2D eigenvalue weighted by Gasteiger charge is 2.13. The smallest absolute Gasteiger partial charge is 0.131 e. The molecule has 126 valence electrons. The number of hydrogen-bond donors (Lipinski definition) is 1. The molecule has 0 aromatic carbocycles. The van der Waals surface area contributed by atoms with Crippen LogP contribution in [0.5, 0.6) is 0 Å². The summed E-state index contributed by atoms with van der Waals surface area (Å²) < 4.78 is 1.71. The number of nitrogens with zero attached hydrogens (tertiary/aromatic N) is 4. The Morgan fingerprint density at radius 1 is 1.22 bits per heavy atom. The summed E-state index contributed by atoms with van der Waals surface area (Å²) in [4.78, 5) is 6.91. The van der Waals surface area contributed by atoms with Crippen LogP contribution < -0.4 is 10.2 Å². The first-order valence-corrected chi connectivity index (χ1v) is 8.11. The van der Waals surface area contributed by atoms with E-state index in [9.17, 15) is 0 Å². The first-order chi connectivity index (χ1) is 10.6. The van der Waals surface area contributed by atoms with Crippen LogP contribution in [-0.4, -0.2) is 27.9 Å². The van der Waals surface area contributed by atoms with E-state index in [4.69, 9.17) is 11.6 Å². The number of hydrogen-bond acceptors (Lipinski definition) is 4. The van der Waals surface area contributed by atoms with Gasteiger partial charge in [0.05, 0.1) is 5.69 Å². The van der Waals surface area contributed by atoms with E-state index in [2.05, 4.69) is 32.4 Å². The SMILES string of the molecule is Cc1nn(C)c(Cl)c1CNCc1ccc(N2CCCC2)nc1.Cl. The second-order valence-corrected chi connectivity index (χ2v) is 6.16. The van der Waals surface area contributed by atoms with E-state index < -0.39 is 0 Å². The number of pyridine rings is 1. The molecular weight excluding hydrogens is 333 g/mol. The van der Waals surface area contributed by atoms with Crippen LogP contribution in [0.2, 0.25) is 5.15 Å². The molecule has 1 aliphatic rings. The molecule has 0 atom stereocenters. The maximum Gasteiger partial charge on any atom is 0.131 e. The normalized spacial score (nSPS) is 14.1. The average molecular weight is 356 g/mol. The van der Waals surface area contributed by atoms with Crippen molar-refractivity contribution in [3.8, 4) is 0 Å². The Hall–Kier alpha value is -1.30. The molecule has 5 nitrogen and oxygen atoms in total. The summed E-state index contributed by atoms with van der Waals surface area (Å²) in [5, 5.41) is 8.43. The zero-order valence-electron chi connectivity index (χ0n) is 13.5. The molecule has 0 amide bonds. The number of halogens is 2. The molecule has 3 heterocycles. The van der Waals surface area contributed by atoms with Gasteiger partial charge in [-0.1, -0.05) is 17.7 Å². The van der Waals surface area contributed by atoms with Crippen molar-refractivity contribution in [3.05, 3.63) is 40.3 Å². The molecule has 0 spiro atoms. The van der Waals surface area contributed by atoms with Crippen molar-refractivity contribution >= 4 is 29.8 Å². The molecule has 3 rings (SSSR count). The van der Waals surface area contributed by atoms with Gasteiger partial charge in [-0.2, -0.15) is 5.10 Å². The highest BCUT2D eigenvalue weighted by Crippen LogP contribution is 2.19. The Morgan fingerprint density at radius 2 is 1.96 bits per heavy atom. The second kappa shape index (κ2) is 7.99. The van der Waals surface area contributed by atoms with Crippen molar-refractivity contribution in [3.63, 3.8) is 0 Å². The van der Waals surface area contributed by atoms with Crippen LogP contribution in [0.15, 0.2) is 18.3 Å². The Bertz CT molecular complexity index is 633. The largest absolute Gasteiger partial charge is 0.357 e. The predicted octanol–water partition coefficient (Wildman–Crippen LogP) is 3.09. The van der Waals surface area contributed by atoms with Crippen molar-refractivity contribution in [1.29, 1.82) is 0 Å². The fourth-order valence-corrected chi connectivity index (χ4v) is 3.10. The number of rotatable bonds is 5. The average Bonchev–Trinajstić information content (AvgIpc) is 3.12. The van der Waals surface area contributed by atoms with Gasteiger partial charge in [-0.15, -0.1) is 12.4 Å². The fraction of sp³-hybridized carbons (Fsp3) is 0.500. The zero-order valence-corrected chi connectivity index (χ0v) is 15.1. The van der Waals surface area contributed by atoms with E-state index >= 15 is 0 Å². The first kappa shape index (κ1) is 18.0. The Kier molecular flexibility index (Phi) is 6.27. The quantitative estimate of drug-likeness (QED) is 0.894. The van der Waals surface area contributed by atoms with E-state index in [1.54, 1.807) is 4.68 Å². The summed E-state index contributed by atoms with van der Waals surface area (Å²) in [6.07, 6.45) is 4.50. The minimum absolute atomic E-state index is 0. The summed E-state index contributed by atoms with van der Waals surface area (Å²) in [5.74, 6) is 1.09. The topological polar surface area (TPSA) is 46.0 Å². The molecule has 2 aromatic rings. The lowest BCUT2D eigenvalue weighted by atomic mass is 10.2. The third kappa shape index (κ3) is 4.16. The molecule has 0 saturated carbocycles. The lowest BCUT2D eigenvalue weighted by Crippen LogP contribution is -2.19. The second-order valence-electron chi connectivity index (χ2n) is 5.80. The maximum absolute atomic E-state index is 6.23. The van der Waals surface area contributed by atoms with Crippen LogP contribution in [-0.2, 0) is 20.1 Å². The molecule has 1 saturated heterocycles. The lowest BCUT2D eigenvalue weighted by molar-refractivity contribution is 0.688. The third-order valence-corrected chi connectivity index (χ3v) is 4.61. The lowest BCUT2D eigenvalue weighted by Gasteiger charge is -2.16. The minimum Gasteiger partial charge on any atom is -0.357 e. The molecule has 1 aliphatic heterocycles. The maximum atomic E-state index is 6.23. The molecule has 23 heavy (non-hydrogen) atoms.